The average Bonchev–Trinajstić information content (AvgIpc) is 3.01. The topological polar surface area (TPSA) is 133 Å². The summed E-state index contributed by atoms with van der Waals surface area (Å²) in [5, 5.41) is 26.9. The maximum Gasteiger partial charge on any atom is 0.243 e. The first-order valence-electron chi connectivity index (χ1n) is 15.6. The summed E-state index contributed by atoms with van der Waals surface area (Å²) in [6.45, 7) is 0. The van der Waals surface area contributed by atoms with Gasteiger partial charge in [0, 0.05) is 12.8 Å². The third kappa shape index (κ3) is 11.6. The van der Waals surface area contributed by atoms with Gasteiger partial charge in [-0.25, -0.2) is 8.42 Å². The van der Waals surface area contributed by atoms with Gasteiger partial charge in [-0.3, -0.25) is 9.59 Å². The number of aliphatic hydroxyl groups is 2. The Bertz CT molecular complexity index is 1340. The molecule has 0 radical (unpaired) electrons. The van der Waals surface area contributed by atoms with Crippen LogP contribution in [0.2, 0.25) is 0 Å². The van der Waals surface area contributed by atoms with Crippen molar-refractivity contribution in [3.63, 3.8) is 0 Å². The highest BCUT2D eigenvalue weighted by Crippen LogP contribution is 2.29. The van der Waals surface area contributed by atoms with Crippen molar-refractivity contribution >= 4 is 21.7 Å². The molecule has 1 fully saturated rings. The van der Waals surface area contributed by atoms with E-state index in [-0.39, 0.29) is 30.9 Å². The van der Waals surface area contributed by atoms with Crippen molar-refractivity contribution in [2.24, 2.45) is 11.8 Å². The predicted octanol–water partition coefficient (Wildman–Crippen LogP) is 3.59. The second kappa shape index (κ2) is 17.8. The van der Waals surface area contributed by atoms with E-state index < -0.39 is 57.6 Å². The Hall–Kier alpha value is -3.37. The molecule has 1 aromatic rings. The number of sulfone groups is 1. The van der Waals surface area contributed by atoms with Gasteiger partial charge in [0.1, 0.15) is 12.1 Å². The van der Waals surface area contributed by atoms with Crippen LogP contribution in [-0.2, 0) is 25.2 Å². The zero-order chi connectivity index (χ0) is 32.0. The number of aliphatic hydroxyl groups excluding tert-OH is 2. The Morgan fingerprint density at radius 2 is 1.66 bits per heavy atom. The van der Waals surface area contributed by atoms with Crippen LogP contribution in [0.4, 0.5) is 0 Å². The molecule has 0 bridgehead atoms. The molecule has 238 valence electrons. The van der Waals surface area contributed by atoms with Gasteiger partial charge in [0.25, 0.3) is 0 Å². The van der Waals surface area contributed by atoms with Crippen LogP contribution in [0.25, 0.3) is 0 Å². The van der Waals surface area contributed by atoms with Crippen LogP contribution in [0.15, 0.2) is 54.1 Å². The minimum atomic E-state index is -3.69. The second-order valence-corrected chi connectivity index (χ2v) is 14.1. The zero-order valence-electron chi connectivity index (χ0n) is 25.4. The van der Waals surface area contributed by atoms with Crippen molar-refractivity contribution < 1.29 is 28.2 Å². The molecule has 0 aromatic heterocycles. The number of carbonyl (C=O) groups is 2. The summed E-state index contributed by atoms with van der Waals surface area (Å²) in [4.78, 5) is 27.2. The van der Waals surface area contributed by atoms with E-state index in [1.807, 2.05) is 18.2 Å². The highest BCUT2D eigenvalue weighted by molar-refractivity contribution is 7.90. The zero-order valence-corrected chi connectivity index (χ0v) is 26.2. The Morgan fingerprint density at radius 3 is 2.30 bits per heavy atom. The lowest BCUT2D eigenvalue weighted by Gasteiger charge is -2.33. The summed E-state index contributed by atoms with van der Waals surface area (Å²) < 4.78 is 26.5. The second-order valence-electron chi connectivity index (χ2n) is 12.0. The number of hydrogen-bond donors (Lipinski definition) is 4. The van der Waals surface area contributed by atoms with Crippen molar-refractivity contribution in [2.75, 3.05) is 5.75 Å². The van der Waals surface area contributed by atoms with Crippen LogP contribution in [0.5, 0.6) is 0 Å². The standard InChI is InChI=1S/C35H46N2O6S/c1-3-14-30(35(41)37-31(33(39)32(38)15-4-2)23-27-18-10-6-11-19-27)36-34(40)29(22-26-16-8-5-9-17-26)25-44(42,43)24-28-20-12-7-13-21-28/h1-2,7-8,12-13,16-17,20-21,27,29-33,38-39H,5-6,9-11,14-15,18-19,22-25H2,(H,36,40)(H,37,41)/t29-,30+,31+,32+,33-/m1/s1. The van der Waals surface area contributed by atoms with Crippen molar-refractivity contribution in [3.8, 4) is 24.7 Å². The average molecular weight is 623 g/mol. The molecule has 0 unspecified atom stereocenters. The van der Waals surface area contributed by atoms with E-state index in [9.17, 15) is 28.2 Å². The van der Waals surface area contributed by atoms with Gasteiger partial charge in [0.05, 0.1) is 29.6 Å². The molecule has 1 aromatic carbocycles. The van der Waals surface area contributed by atoms with Gasteiger partial charge in [-0.05, 0) is 37.2 Å². The Morgan fingerprint density at radius 1 is 0.955 bits per heavy atom. The molecule has 2 aliphatic rings. The fourth-order valence-corrected chi connectivity index (χ4v) is 7.70. The van der Waals surface area contributed by atoms with E-state index in [0.717, 1.165) is 50.5 Å². The summed E-state index contributed by atoms with van der Waals surface area (Å²) in [6.07, 6.45) is 21.6. The quantitative estimate of drug-likeness (QED) is 0.208. The van der Waals surface area contributed by atoms with Crippen molar-refractivity contribution in [2.45, 2.75) is 101 Å². The molecule has 2 amide bonds. The summed E-state index contributed by atoms with van der Waals surface area (Å²) >= 11 is 0. The molecule has 0 heterocycles. The number of allylic oxidation sites excluding steroid dienone is 4. The molecule has 1 saturated carbocycles. The number of hydrogen-bond acceptors (Lipinski definition) is 6. The highest BCUT2D eigenvalue weighted by atomic mass is 32.2. The molecule has 2 aliphatic carbocycles. The normalized spacial score (nSPS) is 18.9. The number of carbonyl (C=O) groups excluding carboxylic acids is 2. The van der Waals surface area contributed by atoms with Crippen LogP contribution in [-0.4, -0.2) is 60.5 Å². The lowest BCUT2D eigenvalue weighted by atomic mass is 9.82. The number of rotatable bonds is 16. The molecule has 8 nitrogen and oxygen atoms in total. The van der Waals surface area contributed by atoms with Crippen LogP contribution >= 0.6 is 0 Å². The first kappa shape index (κ1) is 35.1. The minimum Gasteiger partial charge on any atom is -0.389 e. The number of benzene rings is 1. The lowest BCUT2D eigenvalue weighted by molar-refractivity contribution is -0.132. The summed E-state index contributed by atoms with van der Waals surface area (Å²) in [5.41, 5.74) is 1.49. The molecule has 4 N–H and O–H groups in total. The molecular weight excluding hydrogens is 576 g/mol. The smallest absolute Gasteiger partial charge is 0.243 e. The number of terminal acetylenes is 2. The van der Waals surface area contributed by atoms with Gasteiger partial charge >= 0.3 is 0 Å². The Balaban J connectivity index is 1.77. The van der Waals surface area contributed by atoms with Crippen molar-refractivity contribution in [1.29, 1.82) is 0 Å². The van der Waals surface area contributed by atoms with Crippen LogP contribution in [0, 0.1) is 36.5 Å². The van der Waals surface area contributed by atoms with E-state index in [1.54, 1.807) is 30.3 Å². The third-order valence-electron chi connectivity index (χ3n) is 8.34. The molecule has 44 heavy (non-hydrogen) atoms. The molecule has 0 spiro atoms. The van der Waals surface area contributed by atoms with Gasteiger partial charge < -0.3 is 20.8 Å². The maximum atomic E-state index is 13.7. The van der Waals surface area contributed by atoms with E-state index in [2.05, 4.69) is 22.5 Å². The Labute approximate surface area is 262 Å². The van der Waals surface area contributed by atoms with Gasteiger partial charge in [-0.2, -0.15) is 0 Å². The lowest BCUT2D eigenvalue weighted by Crippen LogP contribution is -2.56. The molecule has 0 saturated heterocycles. The summed E-state index contributed by atoms with van der Waals surface area (Å²) in [6, 6.07) is 6.83. The first-order valence-corrected chi connectivity index (χ1v) is 17.4. The highest BCUT2D eigenvalue weighted by Gasteiger charge is 2.34. The fraction of sp³-hybridized carbons (Fsp3) is 0.543. The molecule has 5 atom stereocenters. The predicted molar refractivity (Wildman–Crippen MR) is 172 cm³/mol. The van der Waals surface area contributed by atoms with Crippen LogP contribution in [0.3, 0.4) is 0 Å². The fourth-order valence-electron chi connectivity index (χ4n) is 6.00. The van der Waals surface area contributed by atoms with E-state index in [1.165, 1.54) is 0 Å². The largest absolute Gasteiger partial charge is 0.389 e. The van der Waals surface area contributed by atoms with Crippen molar-refractivity contribution in [3.05, 3.63) is 59.7 Å². The van der Waals surface area contributed by atoms with E-state index >= 15 is 0 Å². The van der Waals surface area contributed by atoms with Crippen LogP contribution < -0.4 is 10.6 Å². The van der Waals surface area contributed by atoms with Gasteiger partial charge in [0.15, 0.2) is 9.84 Å². The summed E-state index contributed by atoms with van der Waals surface area (Å²) in [7, 11) is -3.69. The monoisotopic (exact) mass is 622 g/mol. The molecule has 0 aliphatic heterocycles. The van der Waals surface area contributed by atoms with Crippen LogP contribution in [0.1, 0.15) is 76.2 Å². The van der Waals surface area contributed by atoms with Gasteiger partial charge in [-0.1, -0.05) is 86.2 Å². The molecule has 9 heteroatoms. The summed E-state index contributed by atoms with van der Waals surface area (Å²) in [5.74, 6) is 2.28. The first-order chi connectivity index (χ1) is 21.1. The SMILES string of the molecule is C#CC[C@H](NC(=O)[C@H](CC1=CCCC=C1)CS(=O)(=O)Cc1ccccc1)C(=O)N[C@@H](CC1CCCCC1)[C@@H](O)[C@@H](O)CC#C. The third-order valence-corrected chi connectivity index (χ3v) is 10.0. The van der Waals surface area contributed by atoms with Gasteiger partial charge in [-0.15, -0.1) is 24.7 Å². The minimum absolute atomic E-state index is 0.0772. The molecular formula is C35H46N2O6S. The maximum absolute atomic E-state index is 13.7. The van der Waals surface area contributed by atoms with E-state index in [0.29, 0.717) is 12.0 Å². The van der Waals surface area contributed by atoms with Crippen molar-refractivity contribution in [1.82, 2.24) is 10.6 Å². The van der Waals surface area contributed by atoms with E-state index in [4.69, 9.17) is 12.8 Å². The van der Waals surface area contributed by atoms with Gasteiger partial charge in [0.2, 0.25) is 11.8 Å². The Kier molecular flexibility index (Phi) is 14.2. The molecule has 3 rings (SSSR count). The number of nitrogens with one attached hydrogen (secondary N) is 2. The number of amides is 2.